The first-order valence-corrected chi connectivity index (χ1v) is 16.6. The standard InChI is InChI=1S/C44H24N4O/c1-2-13-26(14-3-1)40-38-30-18-8-11-21-36(30)49-43(38)46-44(45-40)48-33-19-9-6-16-28(33)31-24-32-37-27-15-5-4-12-25(27)22-23-35(37)47-34-20-10-7-17-29(34)39(41(31)48)42(32)47/h1-24H. The van der Waals surface area contributed by atoms with Crippen molar-refractivity contribution in [1.82, 2.24) is 18.9 Å². The number of fused-ring (bicyclic) bond motifs is 15. The van der Waals surface area contributed by atoms with Gasteiger partial charge in [-0.05, 0) is 41.1 Å². The van der Waals surface area contributed by atoms with Crippen LogP contribution in [0.5, 0.6) is 0 Å². The van der Waals surface area contributed by atoms with Crippen LogP contribution in [0.1, 0.15) is 0 Å². The number of hydrogen-bond donors (Lipinski definition) is 0. The van der Waals surface area contributed by atoms with E-state index >= 15 is 0 Å². The third-order valence-corrected chi connectivity index (χ3v) is 10.5. The number of hydrogen-bond acceptors (Lipinski definition) is 3. The Kier molecular flexibility index (Phi) is 4.66. The zero-order valence-electron chi connectivity index (χ0n) is 26.1. The van der Waals surface area contributed by atoms with Crippen molar-refractivity contribution in [3.8, 4) is 17.2 Å². The number of benzene rings is 7. The van der Waals surface area contributed by atoms with Crippen LogP contribution in [-0.2, 0) is 0 Å². The molecule has 5 aromatic heterocycles. The van der Waals surface area contributed by atoms with Crippen molar-refractivity contribution in [2.45, 2.75) is 0 Å². The van der Waals surface area contributed by atoms with E-state index in [0.717, 1.165) is 44.0 Å². The van der Waals surface area contributed by atoms with Crippen LogP contribution in [0.3, 0.4) is 0 Å². The maximum absolute atomic E-state index is 6.48. The van der Waals surface area contributed by atoms with Crippen molar-refractivity contribution >= 4 is 92.7 Å². The Morgan fingerprint density at radius 2 is 1.16 bits per heavy atom. The van der Waals surface area contributed by atoms with Crippen LogP contribution in [0.4, 0.5) is 0 Å². The van der Waals surface area contributed by atoms with E-state index in [0.29, 0.717) is 11.7 Å². The topological polar surface area (TPSA) is 48.3 Å². The number of aromatic nitrogens is 4. The molecule has 0 N–H and O–H groups in total. The van der Waals surface area contributed by atoms with Crippen molar-refractivity contribution in [3.05, 3.63) is 146 Å². The molecule has 5 heteroatoms. The lowest BCUT2D eigenvalue weighted by Gasteiger charge is -2.10. The van der Waals surface area contributed by atoms with Crippen molar-refractivity contribution in [1.29, 1.82) is 0 Å². The van der Waals surface area contributed by atoms with Gasteiger partial charge in [0.15, 0.2) is 0 Å². The van der Waals surface area contributed by atoms with Crippen LogP contribution in [-0.4, -0.2) is 18.9 Å². The highest BCUT2D eigenvalue weighted by Crippen LogP contribution is 2.48. The maximum atomic E-state index is 6.48. The molecule has 0 unspecified atom stereocenters. The normalized spacial score (nSPS) is 12.5. The van der Waals surface area contributed by atoms with Crippen LogP contribution in [0, 0.1) is 0 Å². The molecule has 0 fully saturated rings. The van der Waals surface area contributed by atoms with Crippen molar-refractivity contribution < 1.29 is 4.42 Å². The minimum absolute atomic E-state index is 0.578. The van der Waals surface area contributed by atoms with E-state index in [1.807, 2.05) is 24.3 Å². The van der Waals surface area contributed by atoms with Gasteiger partial charge in [-0.2, -0.15) is 4.98 Å². The summed E-state index contributed by atoms with van der Waals surface area (Å²) in [4.78, 5) is 10.7. The summed E-state index contributed by atoms with van der Waals surface area (Å²) in [5.41, 5.74) is 9.04. The summed E-state index contributed by atoms with van der Waals surface area (Å²) in [6.45, 7) is 0. The van der Waals surface area contributed by atoms with Gasteiger partial charge in [0.2, 0.25) is 11.7 Å². The monoisotopic (exact) mass is 624 g/mol. The van der Waals surface area contributed by atoms with Crippen molar-refractivity contribution in [2.24, 2.45) is 0 Å². The smallest absolute Gasteiger partial charge is 0.238 e. The van der Waals surface area contributed by atoms with Gasteiger partial charge in [-0.15, -0.1) is 0 Å². The van der Waals surface area contributed by atoms with E-state index in [1.165, 1.54) is 54.3 Å². The molecule has 5 heterocycles. The molecule has 0 amide bonds. The summed E-state index contributed by atoms with van der Waals surface area (Å²) in [5.74, 6) is 0.588. The first-order chi connectivity index (χ1) is 24.3. The first-order valence-electron chi connectivity index (χ1n) is 16.6. The van der Waals surface area contributed by atoms with E-state index in [4.69, 9.17) is 14.4 Å². The second kappa shape index (κ2) is 9.00. The van der Waals surface area contributed by atoms with Gasteiger partial charge in [0.25, 0.3) is 0 Å². The van der Waals surface area contributed by atoms with Crippen molar-refractivity contribution in [3.63, 3.8) is 0 Å². The molecular weight excluding hydrogens is 601 g/mol. The summed E-state index contributed by atoms with van der Waals surface area (Å²) in [5, 5.41) is 11.7. The Labute approximate surface area is 278 Å². The summed E-state index contributed by atoms with van der Waals surface area (Å²) in [7, 11) is 0. The quantitative estimate of drug-likeness (QED) is 0.192. The molecule has 0 radical (unpaired) electrons. The molecule has 0 spiro atoms. The second-order valence-corrected chi connectivity index (χ2v) is 12.9. The van der Waals surface area contributed by atoms with Crippen LogP contribution in [0.15, 0.2) is 150 Å². The predicted octanol–water partition coefficient (Wildman–Crippen LogP) is 11.4. The fourth-order valence-electron chi connectivity index (χ4n) is 8.50. The molecule has 0 aliphatic carbocycles. The van der Waals surface area contributed by atoms with Gasteiger partial charge in [0, 0.05) is 43.3 Å². The summed E-state index contributed by atoms with van der Waals surface area (Å²) < 4.78 is 11.2. The Bertz CT molecular complexity index is 3330. The number of para-hydroxylation sites is 3. The van der Waals surface area contributed by atoms with Gasteiger partial charge in [0.05, 0.1) is 38.7 Å². The molecule has 0 saturated heterocycles. The third kappa shape index (κ3) is 3.15. The summed E-state index contributed by atoms with van der Waals surface area (Å²) >= 11 is 0. The zero-order chi connectivity index (χ0) is 31.8. The highest BCUT2D eigenvalue weighted by atomic mass is 16.3. The average molecular weight is 625 g/mol. The van der Waals surface area contributed by atoms with E-state index < -0.39 is 0 Å². The molecule has 12 aromatic rings. The molecule has 0 aliphatic heterocycles. The fourth-order valence-corrected chi connectivity index (χ4v) is 8.50. The second-order valence-electron chi connectivity index (χ2n) is 12.9. The van der Waals surface area contributed by atoms with Gasteiger partial charge >= 0.3 is 0 Å². The largest absolute Gasteiger partial charge is 0.437 e. The Balaban J connectivity index is 1.33. The molecule has 0 saturated carbocycles. The molecule has 0 aliphatic rings. The van der Waals surface area contributed by atoms with Crippen molar-refractivity contribution in [2.75, 3.05) is 0 Å². The van der Waals surface area contributed by atoms with E-state index in [-0.39, 0.29) is 0 Å². The lowest BCUT2D eigenvalue weighted by Crippen LogP contribution is -2.03. The van der Waals surface area contributed by atoms with Crippen LogP contribution in [0.25, 0.3) is 110 Å². The number of nitrogens with zero attached hydrogens (tertiary/aromatic N) is 4. The van der Waals surface area contributed by atoms with Gasteiger partial charge in [-0.25, -0.2) is 4.98 Å². The first kappa shape index (κ1) is 25.4. The lowest BCUT2D eigenvalue weighted by atomic mass is 10.00. The van der Waals surface area contributed by atoms with Crippen LogP contribution >= 0.6 is 0 Å². The number of furan rings is 1. The molecule has 12 rings (SSSR count). The molecule has 226 valence electrons. The minimum Gasteiger partial charge on any atom is -0.437 e. The zero-order valence-corrected chi connectivity index (χ0v) is 26.1. The Hall–Kier alpha value is -6.72. The number of rotatable bonds is 2. The molecule has 0 bridgehead atoms. The van der Waals surface area contributed by atoms with E-state index in [9.17, 15) is 0 Å². The summed E-state index contributed by atoms with van der Waals surface area (Å²) in [6, 6.07) is 51.6. The molecule has 5 nitrogen and oxygen atoms in total. The highest BCUT2D eigenvalue weighted by Gasteiger charge is 2.27. The van der Waals surface area contributed by atoms with Crippen LogP contribution in [0.2, 0.25) is 0 Å². The maximum Gasteiger partial charge on any atom is 0.238 e. The van der Waals surface area contributed by atoms with Crippen LogP contribution < -0.4 is 0 Å². The van der Waals surface area contributed by atoms with Gasteiger partial charge < -0.3 is 8.82 Å². The predicted molar refractivity (Wildman–Crippen MR) is 201 cm³/mol. The molecular formula is C44H24N4O. The Morgan fingerprint density at radius 3 is 2.04 bits per heavy atom. The average Bonchev–Trinajstić information content (AvgIpc) is 3.90. The van der Waals surface area contributed by atoms with Gasteiger partial charge in [0.1, 0.15) is 5.58 Å². The molecule has 7 aromatic carbocycles. The third-order valence-electron chi connectivity index (χ3n) is 10.5. The minimum atomic E-state index is 0.578. The summed E-state index contributed by atoms with van der Waals surface area (Å²) in [6.07, 6.45) is 0. The lowest BCUT2D eigenvalue weighted by molar-refractivity contribution is 0.651. The van der Waals surface area contributed by atoms with Gasteiger partial charge in [-0.3, -0.25) is 4.57 Å². The fraction of sp³-hybridized carbons (Fsp3) is 0. The van der Waals surface area contributed by atoms with E-state index in [2.05, 4.69) is 130 Å². The Morgan fingerprint density at radius 1 is 0.449 bits per heavy atom. The van der Waals surface area contributed by atoms with E-state index in [1.54, 1.807) is 0 Å². The van der Waals surface area contributed by atoms with Gasteiger partial charge in [-0.1, -0.05) is 115 Å². The SMILES string of the molecule is c1ccc(-c2nc(-n3c4ccccc4c4cc5c6c7ccccc7ccc6n6c7ccccc7c(c43)c56)nc3oc4ccccc4c23)cc1. The molecule has 49 heavy (non-hydrogen) atoms. The highest BCUT2D eigenvalue weighted by molar-refractivity contribution is 6.36. The molecule has 0 atom stereocenters.